The topological polar surface area (TPSA) is 55.1 Å². The van der Waals surface area contributed by atoms with Crippen molar-refractivity contribution in [3.63, 3.8) is 0 Å². The first-order valence-electron chi connectivity index (χ1n) is 3.60. The summed E-state index contributed by atoms with van der Waals surface area (Å²) in [6.45, 7) is 0. The van der Waals surface area contributed by atoms with Gasteiger partial charge >= 0.3 is 0 Å². The Morgan fingerprint density at radius 2 is 2.38 bits per heavy atom. The molecule has 3 nitrogen and oxygen atoms in total. The van der Waals surface area contributed by atoms with E-state index in [2.05, 4.69) is 5.32 Å². The maximum atomic E-state index is 10.4. The highest BCUT2D eigenvalue weighted by atomic mass is 35.5. The van der Waals surface area contributed by atoms with Gasteiger partial charge in [-0.05, 0) is 30.0 Å². The standard InChI is InChI=1S/C8H9ClN2OS/c9-6-2-1-3-7(4-6)11-5-13-8(10)12/h1-4,11H,5H2,(H2,10,12). The van der Waals surface area contributed by atoms with E-state index in [9.17, 15) is 4.79 Å². The quantitative estimate of drug-likeness (QED) is 0.764. The van der Waals surface area contributed by atoms with E-state index in [1.54, 1.807) is 12.1 Å². The summed E-state index contributed by atoms with van der Waals surface area (Å²) in [5, 5.41) is 3.26. The monoisotopic (exact) mass is 216 g/mol. The number of anilines is 1. The minimum Gasteiger partial charge on any atom is -0.375 e. The number of hydrogen-bond donors (Lipinski definition) is 2. The zero-order valence-corrected chi connectivity index (χ0v) is 8.36. The van der Waals surface area contributed by atoms with Gasteiger partial charge in [0.25, 0.3) is 5.24 Å². The van der Waals surface area contributed by atoms with Gasteiger partial charge in [0.2, 0.25) is 0 Å². The number of rotatable bonds is 3. The number of amides is 1. The molecule has 0 unspecified atom stereocenters. The van der Waals surface area contributed by atoms with Crippen LogP contribution in [0.4, 0.5) is 10.5 Å². The van der Waals surface area contributed by atoms with Gasteiger partial charge in [0.15, 0.2) is 0 Å². The largest absolute Gasteiger partial charge is 0.375 e. The molecule has 1 rings (SSSR count). The number of hydrogen-bond acceptors (Lipinski definition) is 3. The van der Waals surface area contributed by atoms with Gasteiger partial charge in [0.1, 0.15) is 0 Å². The molecule has 0 aliphatic carbocycles. The SMILES string of the molecule is NC(=O)SCNc1cccc(Cl)c1. The van der Waals surface area contributed by atoms with E-state index in [-0.39, 0.29) is 0 Å². The van der Waals surface area contributed by atoms with Crippen molar-refractivity contribution in [2.24, 2.45) is 5.73 Å². The predicted octanol–water partition coefficient (Wildman–Crippen LogP) is 2.52. The fraction of sp³-hybridized carbons (Fsp3) is 0.125. The van der Waals surface area contributed by atoms with Gasteiger partial charge < -0.3 is 11.1 Å². The fourth-order valence-corrected chi connectivity index (χ4v) is 1.36. The minimum atomic E-state index is -0.394. The molecule has 1 aromatic carbocycles. The van der Waals surface area contributed by atoms with Gasteiger partial charge in [0.05, 0.1) is 5.88 Å². The lowest BCUT2D eigenvalue weighted by atomic mass is 10.3. The number of thioether (sulfide) groups is 1. The molecule has 3 N–H and O–H groups in total. The van der Waals surface area contributed by atoms with Crippen molar-refractivity contribution in [1.29, 1.82) is 0 Å². The van der Waals surface area contributed by atoms with Crippen LogP contribution in [0.15, 0.2) is 24.3 Å². The first-order valence-corrected chi connectivity index (χ1v) is 4.96. The summed E-state index contributed by atoms with van der Waals surface area (Å²) in [7, 11) is 0. The number of primary amides is 1. The van der Waals surface area contributed by atoms with Gasteiger partial charge in [-0.2, -0.15) is 0 Å². The molecule has 0 aliphatic rings. The molecule has 0 heterocycles. The van der Waals surface area contributed by atoms with Crippen LogP contribution in [-0.2, 0) is 0 Å². The van der Waals surface area contributed by atoms with Crippen molar-refractivity contribution in [1.82, 2.24) is 0 Å². The van der Waals surface area contributed by atoms with Crippen LogP contribution in [0.1, 0.15) is 0 Å². The summed E-state index contributed by atoms with van der Waals surface area (Å²) in [5.74, 6) is 0.454. The number of halogens is 1. The Bertz CT molecular complexity index is 306. The van der Waals surface area contributed by atoms with Crippen LogP contribution in [0.3, 0.4) is 0 Å². The molecule has 0 saturated carbocycles. The van der Waals surface area contributed by atoms with E-state index in [0.717, 1.165) is 17.4 Å². The number of benzene rings is 1. The third-order valence-electron chi connectivity index (χ3n) is 1.32. The fourth-order valence-electron chi connectivity index (χ4n) is 0.789. The van der Waals surface area contributed by atoms with Gasteiger partial charge in [0, 0.05) is 10.7 Å². The molecule has 0 saturated heterocycles. The normalized spacial score (nSPS) is 9.62. The van der Waals surface area contributed by atoms with E-state index in [4.69, 9.17) is 17.3 Å². The predicted molar refractivity (Wildman–Crippen MR) is 57.1 cm³/mol. The van der Waals surface area contributed by atoms with Crippen LogP contribution >= 0.6 is 23.4 Å². The Labute approximate surface area is 85.6 Å². The smallest absolute Gasteiger partial charge is 0.278 e. The van der Waals surface area contributed by atoms with Crippen LogP contribution in [0.5, 0.6) is 0 Å². The summed E-state index contributed by atoms with van der Waals surface area (Å²) in [5.41, 5.74) is 5.82. The average Bonchev–Trinajstić information content (AvgIpc) is 2.03. The molecule has 1 amide bonds. The van der Waals surface area contributed by atoms with Crippen molar-refractivity contribution >= 4 is 34.3 Å². The van der Waals surface area contributed by atoms with Crippen molar-refractivity contribution in [2.75, 3.05) is 11.2 Å². The number of carbonyl (C=O) groups excluding carboxylic acids is 1. The molecular formula is C8H9ClN2OS. The van der Waals surface area contributed by atoms with Crippen LogP contribution < -0.4 is 11.1 Å². The molecule has 0 aromatic heterocycles. The number of carbonyl (C=O) groups is 1. The number of nitrogens with one attached hydrogen (secondary N) is 1. The van der Waals surface area contributed by atoms with Gasteiger partial charge in [-0.3, -0.25) is 4.79 Å². The Morgan fingerprint density at radius 3 is 3.00 bits per heavy atom. The highest BCUT2D eigenvalue weighted by Crippen LogP contribution is 2.15. The van der Waals surface area contributed by atoms with Gasteiger partial charge in [-0.15, -0.1) is 0 Å². The van der Waals surface area contributed by atoms with Crippen LogP contribution in [0, 0.1) is 0 Å². The molecule has 0 bridgehead atoms. The highest BCUT2D eigenvalue weighted by Gasteiger charge is 1.95. The summed E-state index contributed by atoms with van der Waals surface area (Å²) < 4.78 is 0. The summed E-state index contributed by atoms with van der Waals surface area (Å²) in [4.78, 5) is 10.4. The van der Waals surface area contributed by atoms with Crippen molar-refractivity contribution in [3.8, 4) is 0 Å². The molecule has 13 heavy (non-hydrogen) atoms. The second-order valence-corrected chi connectivity index (χ2v) is 3.71. The molecule has 0 atom stereocenters. The van der Waals surface area contributed by atoms with Gasteiger partial charge in [-0.25, -0.2) is 0 Å². The zero-order chi connectivity index (χ0) is 9.68. The molecule has 70 valence electrons. The van der Waals surface area contributed by atoms with E-state index >= 15 is 0 Å². The average molecular weight is 217 g/mol. The molecule has 0 spiro atoms. The maximum Gasteiger partial charge on any atom is 0.278 e. The van der Waals surface area contributed by atoms with Gasteiger partial charge in [-0.1, -0.05) is 17.7 Å². The lowest BCUT2D eigenvalue weighted by Crippen LogP contribution is -2.07. The van der Waals surface area contributed by atoms with Crippen molar-refractivity contribution < 1.29 is 4.79 Å². The summed E-state index contributed by atoms with van der Waals surface area (Å²) >= 11 is 6.76. The third kappa shape index (κ3) is 4.05. The zero-order valence-electron chi connectivity index (χ0n) is 6.79. The Morgan fingerprint density at radius 1 is 1.62 bits per heavy atom. The lowest BCUT2D eigenvalue weighted by molar-refractivity contribution is 0.267. The van der Waals surface area contributed by atoms with Crippen molar-refractivity contribution in [3.05, 3.63) is 29.3 Å². The Balaban J connectivity index is 2.41. The van der Waals surface area contributed by atoms with E-state index in [1.807, 2.05) is 12.1 Å². The van der Waals surface area contributed by atoms with E-state index in [1.165, 1.54) is 0 Å². The lowest BCUT2D eigenvalue weighted by Gasteiger charge is -2.03. The first-order chi connectivity index (χ1) is 6.18. The van der Waals surface area contributed by atoms with E-state index in [0.29, 0.717) is 10.9 Å². The van der Waals surface area contributed by atoms with Crippen LogP contribution in [0.2, 0.25) is 5.02 Å². The highest BCUT2D eigenvalue weighted by molar-refractivity contribution is 8.13. The molecule has 0 fully saturated rings. The second kappa shape index (κ2) is 4.99. The van der Waals surface area contributed by atoms with Crippen molar-refractivity contribution in [2.45, 2.75) is 0 Å². The molecular weight excluding hydrogens is 208 g/mol. The number of nitrogens with two attached hydrogens (primary N) is 1. The summed E-state index contributed by atoms with van der Waals surface area (Å²) in [6.07, 6.45) is 0. The Hall–Kier alpha value is -0.870. The summed E-state index contributed by atoms with van der Waals surface area (Å²) in [6, 6.07) is 7.27. The van der Waals surface area contributed by atoms with Crippen LogP contribution in [-0.4, -0.2) is 11.1 Å². The first kappa shape index (κ1) is 10.2. The van der Waals surface area contributed by atoms with Crippen LogP contribution in [0.25, 0.3) is 0 Å². The molecule has 0 aliphatic heterocycles. The second-order valence-electron chi connectivity index (χ2n) is 2.29. The Kier molecular flexibility index (Phi) is 3.92. The molecule has 5 heteroatoms. The van der Waals surface area contributed by atoms with E-state index < -0.39 is 5.24 Å². The minimum absolute atomic E-state index is 0.394. The third-order valence-corrected chi connectivity index (χ3v) is 2.12. The molecule has 1 aromatic rings. The molecule has 0 radical (unpaired) electrons. The maximum absolute atomic E-state index is 10.4.